The number of carbonyl (C=O) groups is 1. The number of ether oxygens (including phenoxy) is 1. The largest absolute Gasteiger partial charge is 0.488 e. The molecular weight excluding hydrogens is 362 g/mol. The summed E-state index contributed by atoms with van der Waals surface area (Å²) >= 11 is 12.3. The maximum absolute atomic E-state index is 11.8. The molecule has 0 spiro atoms. The zero-order chi connectivity index (χ0) is 17.1. The van der Waals surface area contributed by atoms with Crippen LogP contribution in [0.25, 0.3) is 6.08 Å². The number of thioether (sulfide) groups is 1. The van der Waals surface area contributed by atoms with E-state index in [0.29, 0.717) is 26.6 Å². The summed E-state index contributed by atoms with van der Waals surface area (Å²) in [5.74, 6) is 0.466. The second-order valence-corrected chi connectivity index (χ2v) is 7.46. The van der Waals surface area contributed by atoms with Crippen molar-refractivity contribution in [2.75, 3.05) is 0 Å². The third-order valence-electron chi connectivity index (χ3n) is 3.42. The molecule has 3 rings (SSSR count). The van der Waals surface area contributed by atoms with Crippen LogP contribution in [0.1, 0.15) is 16.7 Å². The first-order chi connectivity index (χ1) is 11.5. The molecule has 6 heteroatoms. The Morgan fingerprint density at radius 1 is 1.25 bits per heavy atom. The van der Waals surface area contributed by atoms with Crippen LogP contribution in [-0.4, -0.2) is 10.2 Å². The quantitative estimate of drug-likeness (QED) is 0.620. The second-order valence-electron chi connectivity index (χ2n) is 5.31. The molecule has 3 nitrogen and oxygen atoms in total. The molecule has 2 aromatic carbocycles. The van der Waals surface area contributed by atoms with Crippen LogP contribution in [0.15, 0.2) is 47.4 Å². The van der Waals surface area contributed by atoms with Crippen molar-refractivity contribution in [2.24, 2.45) is 0 Å². The lowest BCUT2D eigenvalue weighted by Crippen LogP contribution is -2.17. The number of carbonyl (C=O) groups excluding carboxylic acids is 1. The van der Waals surface area contributed by atoms with Gasteiger partial charge in [-0.15, -0.1) is 0 Å². The molecule has 0 radical (unpaired) electrons. The van der Waals surface area contributed by atoms with Crippen LogP contribution in [0.2, 0.25) is 5.02 Å². The maximum Gasteiger partial charge on any atom is 0.263 e. The zero-order valence-electron chi connectivity index (χ0n) is 12.8. The Bertz CT molecular complexity index is 831. The van der Waals surface area contributed by atoms with Crippen molar-refractivity contribution in [1.29, 1.82) is 0 Å². The van der Waals surface area contributed by atoms with E-state index in [1.54, 1.807) is 24.3 Å². The van der Waals surface area contributed by atoms with Gasteiger partial charge in [-0.2, -0.15) is 0 Å². The molecule has 1 N–H and O–H groups in total. The Kier molecular flexibility index (Phi) is 5.23. The summed E-state index contributed by atoms with van der Waals surface area (Å²) < 4.78 is 6.37. The van der Waals surface area contributed by atoms with Crippen LogP contribution in [0.5, 0.6) is 5.75 Å². The van der Waals surface area contributed by atoms with E-state index in [2.05, 4.69) is 5.32 Å². The van der Waals surface area contributed by atoms with Gasteiger partial charge in [-0.1, -0.05) is 65.4 Å². The third-order valence-corrected chi connectivity index (χ3v) is 4.81. The molecule has 1 saturated heterocycles. The number of hydrogen-bond donors (Lipinski definition) is 1. The van der Waals surface area contributed by atoms with Crippen molar-refractivity contribution in [3.05, 3.63) is 69.1 Å². The summed E-state index contributed by atoms with van der Waals surface area (Å²) in [4.78, 5) is 12.4. The predicted molar refractivity (Wildman–Crippen MR) is 103 cm³/mol. The fraction of sp³-hybridized carbons (Fsp3) is 0.111. The Balaban J connectivity index is 1.83. The Hall–Kier alpha value is -1.82. The summed E-state index contributed by atoms with van der Waals surface area (Å²) in [6, 6.07) is 13.5. The van der Waals surface area contributed by atoms with Crippen LogP contribution in [0, 0.1) is 6.92 Å². The van der Waals surface area contributed by atoms with E-state index in [9.17, 15) is 4.79 Å². The van der Waals surface area contributed by atoms with Crippen molar-refractivity contribution >= 4 is 51.9 Å². The number of amides is 1. The van der Waals surface area contributed by atoms with Crippen LogP contribution >= 0.6 is 35.6 Å². The Morgan fingerprint density at radius 3 is 2.67 bits per heavy atom. The summed E-state index contributed by atoms with van der Waals surface area (Å²) in [5, 5.41) is 3.18. The van der Waals surface area contributed by atoms with Crippen molar-refractivity contribution in [1.82, 2.24) is 5.32 Å². The molecule has 0 bridgehead atoms. The second kappa shape index (κ2) is 7.38. The van der Waals surface area contributed by atoms with Crippen LogP contribution < -0.4 is 10.1 Å². The molecule has 1 fully saturated rings. The van der Waals surface area contributed by atoms with Gasteiger partial charge in [0.05, 0.1) is 4.91 Å². The van der Waals surface area contributed by atoms with Gasteiger partial charge in [-0.25, -0.2) is 0 Å². The van der Waals surface area contributed by atoms with Gasteiger partial charge >= 0.3 is 0 Å². The van der Waals surface area contributed by atoms with Crippen LogP contribution in [-0.2, 0) is 11.4 Å². The SMILES string of the molecule is Cc1ccc(COc2ccc(Cl)cc2/C=C2\SC(=S)NC2=O)cc1. The van der Waals surface area contributed by atoms with Gasteiger partial charge in [-0.05, 0) is 36.8 Å². The number of thiocarbonyl (C=S) groups is 1. The number of hydrogen-bond acceptors (Lipinski definition) is 4. The van der Waals surface area contributed by atoms with Gasteiger partial charge in [0.25, 0.3) is 5.91 Å². The highest BCUT2D eigenvalue weighted by molar-refractivity contribution is 8.26. The van der Waals surface area contributed by atoms with Gasteiger partial charge < -0.3 is 10.1 Å². The minimum Gasteiger partial charge on any atom is -0.488 e. The predicted octanol–water partition coefficient (Wildman–Crippen LogP) is 4.72. The summed E-state index contributed by atoms with van der Waals surface area (Å²) in [6.07, 6.45) is 1.75. The first-order valence-corrected chi connectivity index (χ1v) is 8.84. The van der Waals surface area contributed by atoms with E-state index in [0.717, 1.165) is 11.1 Å². The van der Waals surface area contributed by atoms with E-state index < -0.39 is 0 Å². The maximum atomic E-state index is 11.8. The molecule has 0 aromatic heterocycles. The van der Waals surface area contributed by atoms with Crippen molar-refractivity contribution in [3.8, 4) is 5.75 Å². The average Bonchev–Trinajstić information content (AvgIpc) is 2.86. The first-order valence-electron chi connectivity index (χ1n) is 7.24. The molecule has 2 aromatic rings. The summed E-state index contributed by atoms with van der Waals surface area (Å²) in [6.45, 7) is 2.48. The van der Waals surface area contributed by atoms with E-state index in [-0.39, 0.29) is 5.91 Å². The van der Waals surface area contributed by atoms with Gasteiger partial charge in [0.15, 0.2) is 0 Å². The van der Waals surface area contributed by atoms with Gasteiger partial charge in [0.2, 0.25) is 0 Å². The van der Waals surface area contributed by atoms with Gasteiger partial charge in [0, 0.05) is 10.6 Å². The van der Waals surface area contributed by atoms with Gasteiger partial charge in [-0.3, -0.25) is 4.79 Å². The van der Waals surface area contributed by atoms with E-state index in [1.807, 2.05) is 31.2 Å². The van der Waals surface area contributed by atoms with E-state index in [1.165, 1.54) is 17.3 Å². The molecule has 1 heterocycles. The summed E-state index contributed by atoms with van der Waals surface area (Å²) in [5.41, 5.74) is 3.02. The molecule has 24 heavy (non-hydrogen) atoms. The standard InChI is InChI=1S/C18H14ClNO2S2/c1-11-2-4-12(5-3-11)10-22-15-7-6-14(19)8-13(15)9-16-17(21)20-18(23)24-16/h2-9H,10H2,1H3,(H,20,21,23)/b16-9-. The Morgan fingerprint density at radius 2 is 2.00 bits per heavy atom. The van der Waals surface area contributed by atoms with E-state index in [4.69, 9.17) is 28.6 Å². The third kappa shape index (κ3) is 4.17. The highest BCUT2D eigenvalue weighted by Crippen LogP contribution is 2.31. The topological polar surface area (TPSA) is 38.3 Å². The Labute approximate surface area is 155 Å². The normalized spacial score (nSPS) is 15.7. The fourth-order valence-corrected chi connectivity index (χ4v) is 3.39. The molecule has 0 unspecified atom stereocenters. The molecule has 0 atom stereocenters. The highest BCUT2D eigenvalue weighted by atomic mass is 35.5. The number of benzene rings is 2. The molecule has 1 amide bonds. The lowest BCUT2D eigenvalue weighted by molar-refractivity contribution is -0.115. The fourth-order valence-electron chi connectivity index (χ4n) is 2.17. The molecule has 1 aliphatic heterocycles. The molecule has 122 valence electrons. The number of nitrogens with one attached hydrogen (secondary N) is 1. The lowest BCUT2D eigenvalue weighted by Gasteiger charge is -2.10. The smallest absolute Gasteiger partial charge is 0.263 e. The molecule has 0 saturated carbocycles. The molecular formula is C18H14ClNO2S2. The van der Waals surface area contributed by atoms with Crippen LogP contribution in [0.4, 0.5) is 0 Å². The van der Waals surface area contributed by atoms with Crippen LogP contribution in [0.3, 0.4) is 0 Å². The minimum atomic E-state index is -0.200. The number of aryl methyl sites for hydroxylation is 1. The van der Waals surface area contributed by atoms with Gasteiger partial charge in [0.1, 0.15) is 16.7 Å². The average molecular weight is 376 g/mol. The first kappa shape index (κ1) is 17.0. The molecule has 1 aliphatic rings. The van der Waals surface area contributed by atoms with Crippen molar-refractivity contribution in [2.45, 2.75) is 13.5 Å². The van der Waals surface area contributed by atoms with E-state index >= 15 is 0 Å². The van der Waals surface area contributed by atoms with Crippen molar-refractivity contribution in [3.63, 3.8) is 0 Å². The number of halogens is 1. The lowest BCUT2D eigenvalue weighted by atomic mass is 10.1. The summed E-state index contributed by atoms with van der Waals surface area (Å²) in [7, 11) is 0. The zero-order valence-corrected chi connectivity index (χ0v) is 15.2. The number of rotatable bonds is 4. The minimum absolute atomic E-state index is 0.200. The van der Waals surface area contributed by atoms with Crippen molar-refractivity contribution < 1.29 is 9.53 Å². The highest BCUT2D eigenvalue weighted by Gasteiger charge is 2.22. The monoisotopic (exact) mass is 375 g/mol. The molecule has 0 aliphatic carbocycles.